The quantitative estimate of drug-likeness (QED) is 0.703. The lowest BCUT2D eigenvalue weighted by Gasteiger charge is -2.27. The first kappa shape index (κ1) is 18.9. The Balaban J connectivity index is 1.56. The number of thiophene rings is 1. The predicted molar refractivity (Wildman–Crippen MR) is 102 cm³/mol. The van der Waals surface area contributed by atoms with Crippen molar-refractivity contribution in [2.24, 2.45) is 0 Å². The average molecular weight is 405 g/mol. The summed E-state index contributed by atoms with van der Waals surface area (Å²) < 4.78 is 38.2. The molecule has 0 aliphatic carbocycles. The van der Waals surface area contributed by atoms with Crippen LogP contribution in [0.3, 0.4) is 0 Å². The van der Waals surface area contributed by atoms with Crippen LogP contribution in [-0.4, -0.2) is 21.4 Å². The van der Waals surface area contributed by atoms with Crippen LogP contribution in [0.15, 0.2) is 41.2 Å². The van der Waals surface area contributed by atoms with Crippen LogP contribution in [0.25, 0.3) is 11.4 Å². The number of nitrogens with one attached hydrogen (secondary N) is 1. The molecule has 1 N–H and O–H groups in total. The molecule has 0 saturated heterocycles. The van der Waals surface area contributed by atoms with Crippen molar-refractivity contribution in [2.45, 2.75) is 32.6 Å². The first-order valence-electron chi connectivity index (χ1n) is 8.87. The smallest absolute Gasteiger partial charge is 0.306 e. The van der Waals surface area contributed by atoms with Crippen LogP contribution < -0.4 is 5.56 Å². The number of halogens is 3. The van der Waals surface area contributed by atoms with Crippen molar-refractivity contribution in [3.63, 3.8) is 0 Å². The number of fused-ring (bicyclic) bond motifs is 1. The van der Waals surface area contributed by atoms with Gasteiger partial charge in [0.2, 0.25) is 0 Å². The number of rotatable bonds is 3. The SMILES string of the molecule is Cc1ccc(CN2CCc3nc(-c4ccc(C(F)(F)F)cc4)[nH]c(=O)c3C2)s1. The van der Waals surface area contributed by atoms with Gasteiger partial charge in [-0.3, -0.25) is 9.69 Å². The molecule has 0 radical (unpaired) electrons. The summed E-state index contributed by atoms with van der Waals surface area (Å²) in [5, 5.41) is 0. The fourth-order valence-corrected chi connectivity index (χ4v) is 4.29. The highest BCUT2D eigenvalue weighted by Crippen LogP contribution is 2.30. The summed E-state index contributed by atoms with van der Waals surface area (Å²) in [4.78, 5) is 24.6. The highest BCUT2D eigenvalue weighted by Gasteiger charge is 2.30. The molecule has 1 aliphatic rings. The molecule has 0 bridgehead atoms. The van der Waals surface area contributed by atoms with E-state index >= 15 is 0 Å². The second-order valence-electron chi connectivity index (χ2n) is 6.89. The Kier molecular flexibility index (Phi) is 4.84. The first-order chi connectivity index (χ1) is 13.3. The summed E-state index contributed by atoms with van der Waals surface area (Å²) >= 11 is 1.75. The normalized spacial score (nSPS) is 14.9. The predicted octanol–water partition coefficient (Wildman–Crippen LogP) is 4.38. The third-order valence-electron chi connectivity index (χ3n) is 4.81. The number of H-pyrrole nitrogens is 1. The third-order valence-corrected chi connectivity index (χ3v) is 5.79. The lowest BCUT2D eigenvalue weighted by atomic mass is 10.1. The second kappa shape index (κ2) is 7.18. The van der Waals surface area contributed by atoms with Crippen LogP contribution >= 0.6 is 11.3 Å². The maximum Gasteiger partial charge on any atom is 0.416 e. The highest BCUT2D eigenvalue weighted by molar-refractivity contribution is 7.11. The molecule has 0 spiro atoms. The Labute approximate surface area is 163 Å². The Morgan fingerprint density at radius 2 is 1.93 bits per heavy atom. The second-order valence-corrected chi connectivity index (χ2v) is 8.26. The molecular formula is C20H18F3N3OS. The minimum absolute atomic E-state index is 0.230. The Hall–Kier alpha value is -2.45. The molecule has 0 fully saturated rings. The maximum atomic E-state index is 12.7. The van der Waals surface area contributed by atoms with Crippen LogP contribution in [0.5, 0.6) is 0 Å². The van der Waals surface area contributed by atoms with Crippen LogP contribution in [0.4, 0.5) is 13.2 Å². The van der Waals surface area contributed by atoms with E-state index in [-0.39, 0.29) is 5.56 Å². The molecule has 0 unspecified atom stereocenters. The van der Waals surface area contributed by atoms with Crippen molar-refractivity contribution in [3.05, 3.63) is 73.3 Å². The van der Waals surface area contributed by atoms with E-state index in [1.54, 1.807) is 11.3 Å². The summed E-state index contributed by atoms with van der Waals surface area (Å²) in [5.41, 5.74) is 0.861. The van der Waals surface area contributed by atoms with E-state index < -0.39 is 11.7 Å². The van der Waals surface area contributed by atoms with Crippen molar-refractivity contribution in [3.8, 4) is 11.4 Å². The van der Waals surface area contributed by atoms with Gasteiger partial charge in [0.15, 0.2) is 0 Å². The van der Waals surface area contributed by atoms with E-state index in [9.17, 15) is 18.0 Å². The molecular weight excluding hydrogens is 387 g/mol. The van der Waals surface area contributed by atoms with Gasteiger partial charge in [-0.2, -0.15) is 13.2 Å². The molecule has 28 heavy (non-hydrogen) atoms. The van der Waals surface area contributed by atoms with Gasteiger partial charge >= 0.3 is 6.18 Å². The number of alkyl halides is 3. The zero-order chi connectivity index (χ0) is 19.9. The van der Waals surface area contributed by atoms with Gasteiger partial charge in [-0.1, -0.05) is 12.1 Å². The standard InChI is InChI=1S/C20H18F3N3OS/c1-12-2-7-15(28-12)10-26-9-8-17-16(11-26)19(27)25-18(24-17)13-3-5-14(6-4-13)20(21,22)23/h2-7H,8-11H2,1H3,(H,24,25,27). The molecule has 1 aromatic carbocycles. The molecule has 3 aromatic rings. The fraction of sp³-hybridized carbons (Fsp3) is 0.300. The molecule has 4 rings (SSSR count). The molecule has 0 saturated carbocycles. The molecule has 2 aromatic heterocycles. The Morgan fingerprint density at radius 1 is 1.18 bits per heavy atom. The number of nitrogens with zero attached hydrogens (tertiary/aromatic N) is 2. The summed E-state index contributed by atoms with van der Waals surface area (Å²) in [6, 6.07) is 8.86. The fourth-order valence-electron chi connectivity index (χ4n) is 3.36. The average Bonchev–Trinajstić information content (AvgIpc) is 3.06. The zero-order valence-corrected chi connectivity index (χ0v) is 16.0. The van der Waals surface area contributed by atoms with Crippen molar-refractivity contribution in [1.29, 1.82) is 0 Å². The van der Waals surface area contributed by atoms with Gasteiger partial charge in [-0.05, 0) is 31.2 Å². The molecule has 4 nitrogen and oxygen atoms in total. The Bertz CT molecular complexity index is 1050. The first-order valence-corrected chi connectivity index (χ1v) is 9.68. The number of hydrogen-bond acceptors (Lipinski definition) is 4. The highest BCUT2D eigenvalue weighted by atomic mass is 32.1. The zero-order valence-electron chi connectivity index (χ0n) is 15.1. The minimum atomic E-state index is -4.39. The largest absolute Gasteiger partial charge is 0.416 e. The van der Waals surface area contributed by atoms with Crippen LogP contribution in [0.2, 0.25) is 0 Å². The number of benzene rings is 1. The van der Waals surface area contributed by atoms with Crippen molar-refractivity contribution >= 4 is 11.3 Å². The lowest BCUT2D eigenvalue weighted by Crippen LogP contribution is -2.35. The van der Waals surface area contributed by atoms with Gasteiger partial charge in [0.1, 0.15) is 5.82 Å². The number of aryl methyl sites for hydroxylation is 1. The monoisotopic (exact) mass is 405 g/mol. The van der Waals surface area contributed by atoms with E-state index in [4.69, 9.17) is 0 Å². The summed E-state index contributed by atoms with van der Waals surface area (Å²) in [6.07, 6.45) is -3.75. The van der Waals surface area contributed by atoms with E-state index in [0.29, 0.717) is 29.9 Å². The van der Waals surface area contributed by atoms with Crippen LogP contribution in [0, 0.1) is 6.92 Å². The van der Waals surface area contributed by atoms with Crippen LogP contribution in [0.1, 0.15) is 26.6 Å². The maximum absolute atomic E-state index is 12.7. The van der Waals surface area contributed by atoms with Gasteiger partial charge in [-0.25, -0.2) is 4.98 Å². The summed E-state index contributed by atoms with van der Waals surface area (Å²) in [6.45, 7) is 4.16. The number of aromatic amines is 1. The molecule has 1 aliphatic heterocycles. The van der Waals surface area contributed by atoms with Gasteiger partial charge < -0.3 is 4.98 Å². The third kappa shape index (κ3) is 3.88. The van der Waals surface area contributed by atoms with E-state index in [1.807, 2.05) is 0 Å². The summed E-state index contributed by atoms with van der Waals surface area (Å²) in [7, 11) is 0. The Morgan fingerprint density at radius 3 is 2.57 bits per heavy atom. The van der Waals surface area contributed by atoms with E-state index in [1.165, 1.54) is 21.9 Å². The molecule has 0 amide bonds. The van der Waals surface area contributed by atoms with Gasteiger partial charge in [-0.15, -0.1) is 11.3 Å². The lowest BCUT2D eigenvalue weighted by molar-refractivity contribution is -0.137. The topological polar surface area (TPSA) is 49.0 Å². The van der Waals surface area contributed by atoms with Crippen molar-refractivity contribution in [1.82, 2.24) is 14.9 Å². The van der Waals surface area contributed by atoms with Gasteiger partial charge in [0.05, 0.1) is 16.8 Å². The number of hydrogen-bond donors (Lipinski definition) is 1. The minimum Gasteiger partial charge on any atom is -0.306 e. The number of aromatic nitrogens is 2. The van der Waals surface area contributed by atoms with Gasteiger partial charge in [0.25, 0.3) is 5.56 Å². The molecule has 0 atom stereocenters. The molecule has 146 valence electrons. The van der Waals surface area contributed by atoms with E-state index in [0.717, 1.165) is 30.9 Å². The van der Waals surface area contributed by atoms with Crippen molar-refractivity contribution < 1.29 is 13.2 Å². The molecule has 3 heterocycles. The molecule has 8 heteroatoms. The van der Waals surface area contributed by atoms with Crippen LogP contribution in [-0.2, 0) is 25.7 Å². The van der Waals surface area contributed by atoms with Gasteiger partial charge in [0, 0.05) is 41.4 Å². The summed E-state index contributed by atoms with van der Waals surface area (Å²) in [5.74, 6) is 0.305. The van der Waals surface area contributed by atoms with Crippen molar-refractivity contribution in [2.75, 3.05) is 6.54 Å². The van der Waals surface area contributed by atoms with E-state index in [2.05, 4.69) is 33.9 Å².